The van der Waals surface area contributed by atoms with Crippen molar-refractivity contribution in [1.82, 2.24) is 0 Å². The fraction of sp³-hybridized carbons (Fsp3) is 0.286. The van der Waals surface area contributed by atoms with Crippen LogP contribution in [0.1, 0.15) is 11.0 Å². The van der Waals surface area contributed by atoms with Crippen molar-refractivity contribution in [1.29, 1.82) is 0 Å². The molecule has 4 nitrogen and oxygen atoms in total. The fourth-order valence-corrected chi connectivity index (χ4v) is 2.94. The highest BCUT2D eigenvalue weighted by Crippen LogP contribution is 2.36. The Morgan fingerprint density at radius 3 is 2.50 bits per heavy atom. The second-order valence-corrected chi connectivity index (χ2v) is 5.84. The van der Waals surface area contributed by atoms with Crippen LogP contribution < -0.4 is 5.73 Å². The normalized spacial score (nSPS) is 15.1. The number of aliphatic carboxylic acids is 1. The molecule has 0 bridgehead atoms. The van der Waals surface area contributed by atoms with Gasteiger partial charge in [0.25, 0.3) is 0 Å². The van der Waals surface area contributed by atoms with Crippen molar-refractivity contribution < 1.29 is 15.0 Å². The molecule has 0 saturated carbocycles. The van der Waals surface area contributed by atoms with E-state index in [1.54, 1.807) is 6.07 Å². The van der Waals surface area contributed by atoms with Crippen molar-refractivity contribution in [3.63, 3.8) is 0 Å². The van der Waals surface area contributed by atoms with Crippen LogP contribution in [0.5, 0.6) is 0 Å². The predicted octanol–water partition coefficient (Wildman–Crippen LogP) is 1.72. The van der Waals surface area contributed by atoms with Gasteiger partial charge in [0.2, 0.25) is 0 Å². The van der Waals surface area contributed by atoms with Crippen LogP contribution in [0, 0.1) is 0 Å². The van der Waals surface area contributed by atoms with Gasteiger partial charge in [0.15, 0.2) is 0 Å². The highest BCUT2D eigenvalue weighted by Gasteiger charge is 2.25. The standard InChI is InChI=1S/C7H7Br2NO3S/c8-2-1-3(14-6(2)9)5(11)4(10)7(12)13/h1,4-5,11H,10H2,(H,12,13). The number of thiophene rings is 1. The van der Waals surface area contributed by atoms with E-state index in [2.05, 4.69) is 31.9 Å². The average molecular weight is 345 g/mol. The summed E-state index contributed by atoms with van der Waals surface area (Å²) < 4.78 is 1.57. The summed E-state index contributed by atoms with van der Waals surface area (Å²) in [6.45, 7) is 0. The first-order valence-electron chi connectivity index (χ1n) is 3.54. The lowest BCUT2D eigenvalue weighted by Crippen LogP contribution is -2.36. The van der Waals surface area contributed by atoms with E-state index < -0.39 is 18.1 Å². The van der Waals surface area contributed by atoms with E-state index >= 15 is 0 Å². The summed E-state index contributed by atoms with van der Waals surface area (Å²) >= 11 is 7.72. The number of hydrogen-bond donors (Lipinski definition) is 3. The van der Waals surface area contributed by atoms with Gasteiger partial charge in [-0.15, -0.1) is 11.3 Å². The lowest BCUT2D eigenvalue weighted by molar-refractivity contribution is -0.141. The molecule has 1 rings (SSSR count). The van der Waals surface area contributed by atoms with Gasteiger partial charge >= 0.3 is 5.97 Å². The van der Waals surface area contributed by atoms with Gasteiger partial charge in [-0.2, -0.15) is 0 Å². The monoisotopic (exact) mass is 343 g/mol. The molecule has 0 amide bonds. The molecule has 0 saturated heterocycles. The van der Waals surface area contributed by atoms with Crippen LogP contribution in [-0.2, 0) is 4.79 Å². The lowest BCUT2D eigenvalue weighted by Gasteiger charge is -2.12. The number of carboxylic acids is 1. The molecule has 0 spiro atoms. The Balaban J connectivity index is 2.89. The van der Waals surface area contributed by atoms with Crippen molar-refractivity contribution in [2.24, 2.45) is 5.73 Å². The third kappa shape index (κ3) is 2.54. The van der Waals surface area contributed by atoms with Crippen LogP contribution in [0.2, 0.25) is 0 Å². The van der Waals surface area contributed by atoms with Gasteiger partial charge in [-0.25, -0.2) is 0 Å². The maximum absolute atomic E-state index is 10.5. The van der Waals surface area contributed by atoms with Crippen molar-refractivity contribution >= 4 is 49.2 Å². The Labute approximate surface area is 101 Å². The minimum absolute atomic E-state index is 0.513. The van der Waals surface area contributed by atoms with Crippen LogP contribution in [-0.4, -0.2) is 22.2 Å². The first kappa shape index (κ1) is 12.1. The zero-order valence-electron chi connectivity index (χ0n) is 6.78. The average Bonchev–Trinajstić information content (AvgIpc) is 2.44. The minimum atomic E-state index is -1.30. The lowest BCUT2D eigenvalue weighted by atomic mass is 10.1. The number of hydrogen-bond acceptors (Lipinski definition) is 4. The highest BCUT2D eigenvalue weighted by atomic mass is 79.9. The smallest absolute Gasteiger partial charge is 0.323 e. The van der Waals surface area contributed by atoms with Gasteiger partial charge in [0.1, 0.15) is 12.1 Å². The Hall–Kier alpha value is 0.0500. The van der Waals surface area contributed by atoms with E-state index in [0.717, 1.165) is 8.26 Å². The molecule has 0 aliphatic rings. The number of carboxylic acid groups (broad SMARTS) is 1. The molecule has 1 aromatic heterocycles. The fourth-order valence-electron chi connectivity index (χ4n) is 0.821. The predicted molar refractivity (Wildman–Crippen MR) is 60.3 cm³/mol. The number of nitrogens with two attached hydrogens (primary N) is 1. The summed E-state index contributed by atoms with van der Waals surface area (Å²) in [6, 6.07) is 0.342. The number of aliphatic hydroxyl groups excluding tert-OH is 1. The molecular weight excluding hydrogens is 338 g/mol. The van der Waals surface area contributed by atoms with Gasteiger partial charge in [-0.3, -0.25) is 4.79 Å². The van der Waals surface area contributed by atoms with Crippen molar-refractivity contribution in [2.45, 2.75) is 12.1 Å². The molecule has 7 heteroatoms. The van der Waals surface area contributed by atoms with Crippen molar-refractivity contribution in [3.05, 3.63) is 19.2 Å². The topological polar surface area (TPSA) is 83.6 Å². The molecule has 0 fully saturated rings. The zero-order valence-corrected chi connectivity index (χ0v) is 10.8. The molecule has 0 aliphatic carbocycles. The second kappa shape index (κ2) is 4.71. The molecule has 0 aliphatic heterocycles. The van der Waals surface area contributed by atoms with E-state index in [-0.39, 0.29) is 0 Å². The Kier molecular flexibility index (Phi) is 4.08. The van der Waals surface area contributed by atoms with Gasteiger partial charge < -0.3 is 15.9 Å². The molecule has 1 heterocycles. The molecule has 0 aromatic carbocycles. The molecule has 1 aromatic rings. The number of rotatable bonds is 3. The number of aliphatic hydroxyl groups is 1. The maximum atomic E-state index is 10.5. The summed E-state index contributed by atoms with van der Waals surface area (Å²) in [5, 5.41) is 18.1. The molecule has 2 unspecified atom stereocenters. The molecule has 14 heavy (non-hydrogen) atoms. The van der Waals surface area contributed by atoms with E-state index in [4.69, 9.17) is 10.8 Å². The van der Waals surface area contributed by atoms with Crippen LogP contribution in [0.3, 0.4) is 0 Å². The Morgan fingerprint density at radius 2 is 2.14 bits per heavy atom. The summed E-state index contributed by atoms with van der Waals surface area (Å²) in [5.74, 6) is -1.22. The third-order valence-corrected chi connectivity index (χ3v) is 4.91. The Bertz CT molecular complexity index is 335. The first-order valence-corrected chi connectivity index (χ1v) is 5.95. The van der Waals surface area contributed by atoms with E-state index in [1.165, 1.54) is 11.3 Å². The molecule has 78 valence electrons. The van der Waals surface area contributed by atoms with Gasteiger partial charge in [0, 0.05) is 9.35 Å². The zero-order chi connectivity index (χ0) is 10.9. The van der Waals surface area contributed by atoms with E-state index in [0.29, 0.717) is 4.88 Å². The molecule has 0 radical (unpaired) electrons. The van der Waals surface area contributed by atoms with Gasteiger partial charge in [-0.1, -0.05) is 0 Å². The second-order valence-electron chi connectivity index (χ2n) is 2.58. The number of halogens is 2. The molecule has 2 atom stereocenters. The summed E-state index contributed by atoms with van der Waals surface area (Å²) in [5.41, 5.74) is 5.28. The summed E-state index contributed by atoms with van der Waals surface area (Å²) in [6.07, 6.45) is -1.18. The largest absolute Gasteiger partial charge is 0.480 e. The SMILES string of the molecule is NC(C(=O)O)C(O)c1cc(Br)c(Br)s1. The first-order chi connectivity index (χ1) is 6.43. The third-order valence-electron chi connectivity index (χ3n) is 1.58. The number of carbonyl (C=O) groups is 1. The van der Waals surface area contributed by atoms with E-state index in [9.17, 15) is 9.90 Å². The van der Waals surface area contributed by atoms with Crippen LogP contribution in [0.25, 0.3) is 0 Å². The van der Waals surface area contributed by atoms with Crippen molar-refractivity contribution in [2.75, 3.05) is 0 Å². The van der Waals surface area contributed by atoms with Gasteiger partial charge in [0.05, 0.1) is 3.79 Å². The quantitative estimate of drug-likeness (QED) is 0.779. The van der Waals surface area contributed by atoms with Crippen LogP contribution in [0.4, 0.5) is 0 Å². The summed E-state index contributed by atoms with van der Waals surface area (Å²) in [7, 11) is 0. The van der Waals surface area contributed by atoms with Crippen LogP contribution in [0.15, 0.2) is 14.3 Å². The van der Waals surface area contributed by atoms with Crippen LogP contribution >= 0.6 is 43.2 Å². The molecule has 4 N–H and O–H groups in total. The minimum Gasteiger partial charge on any atom is -0.480 e. The highest BCUT2D eigenvalue weighted by molar-refractivity contribution is 9.13. The van der Waals surface area contributed by atoms with E-state index in [1.807, 2.05) is 0 Å². The Morgan fingerprint density at radius 1 is 1.57 bits per heavy atom. The maximum Gasteiger partial charge on any atom is 0.323 e. The van der Waals surface area contributed by atoms with Gasteiger partial charge in [-0.05, 0) is 37.9 Å². The van der Waals surface area contributed by atoms with Crippen molar-refractivity contribution in [3.8, 4) is 0 Å². The molecular formula is C7H7Br2NO3S. The summed E-state index contributed by atoms with van der Waals surface area (Å²) in [4.78, 5) is 11.0.